The average molecular weight is 407 g/mol. The van der Waals surface area contributed by atoms with Crippen LogP contribution >= 0.6 is 11.6 Å². The molecule has 0 aromatic heterocycles. The Labute approximate surface area is 165 Å². The van der Waals surface area contributed by atoms with Crippen LogP contribution < -0.4 is 5.32 Å². The van der Waals surface area contributed by atoms with Crippen LogP contribution in [0.25, 0.3) is 0 Å². The monoisotopic (exact) mass is 406 g/mol. The minimum atomic E-state index is -3.63. The number of nitrogens with zero attached hydrogens (tertiary/aromatic N) is 1. The number of piperidine rings is 1. The summed E-state index contributed by atoms with van der Waals surface area (Å²) in [6, 6.07) is 12.3. The Bertz CT molecular complexity index is 959. The van der Waals surface area contributed by atoms with Gasteiger partial charge in [0.05, 0.1) is 10.8 Å². The quantitative estimate of drug-likeness (QED) is 0.834. The molecular formula is C20H23ClN2O3S. The van der Waals surface area contributed by atoms with Gasteiger partial charge in [-0.3, -0.25) is 4.79 Å². The average Bonchev–Trinajstić information content (AvgIpc) is 2.63. The molecule has 27 heavy (non-hydrogen) atoms. The van der Waals surface area contributed by atoms with Crippen molar-refractivity contribution in [2.45, 2.75) is 31.6 Å². The van der Waals surface area contributed by atoms with Gasteiger partial charge >= 0.3 is 0 Å². The molecule has 7 heteroatoms. The van der Waals surface area contributed by atoms with Crippen LogP contribution in [0.2, 0.25) is 5.02 Å². The molecule has 0 spiro atoms. The van der Waals surface area contributed by atoms with Crippen molar-refractivity contribution in [3.63, 3.8) is 0 Å². The van der Waals surface area contributed by atoms with Crippen molar-refractivity contribution in [1.29, 1.82) is 0 Å². The predicted octanol–water partition coefficient (Wildman–Crippen LogP) is 4.00. The molecule has 3 rings (SSSR count). The first-order valence-electron chi connectivity index (χ1n) is 8.91. The third-order valence-electron chi connectivity index (χ3n) is 4.81. The number of hydrogen-bond donors (Lipinski definition) is 1. The van der Waals surface area contributed by atoms with Gasteiger partial charge in [-0.1, -0.05) is 29.8 Å². The lowest BCUT2D eigenvalue weighted by Gasteiger charge is -2.31. The molecule has 0 saturated carbocycles. The fourth-order valence-corrected chi connectivity index (χ4v) is 5.33. The van der Waals surface area contributed by atoms with Crippen molar-refractivity contribution in [3.05, 3.63) is 58.6 Å². The molecule has 2 aromatic carbocycles. The minimum absolute atomic E-state index is 0.182. The van der Waals surface area contributed by atoms with Gasteiger partial charge < -0.3 is 5.32 Å². The zero-order chi connectivity index (χ0) is 19.6. The molecule has 0 aliphatic carbocycles. The molecule has 0 unspecified atom stereocenters. The molecule has 5 nitrogen and oxygen atoms in total. The molecule has 1 fully saturated rings. The van der Waals surface area contributed by atoms with Crippen LogP contribution in [0.1, 0.15) is 24.0 Å². The summed E-state index contributed by atoms with van der Waals surface area (Å²) in [4.78, 5) is 13.0. The number of halogens is 1. The number of carbonyl (C=O) groups is 1. The molecular weight excluding hydrogens is 384 g/mol. The fraction of sp³-hybridized carbons (Fsp3) is 0.350. The van der Waals surface area contributed by atoms with Crippen molar-refractivity contribution in [1.82, 2.24) is 4.31 Å². The van der Waals surface area contributed by atoms with E-state index in [2.05, 4.69) is 5.32 Å². The number of carbonyl (C=O) groups excluding carboxylic acids is 1. The van der Waals surface area contributed by atoms with Gasteiger partial charge in [0, 0.05) is 23.8 Å². The highest BCUT2D eigenvalue weighted by Crippen LogP contribution is 2.27. The smallest absolute Gasteiger partial charge is 0.243 e. The van der Waals surface area contributed by atoms with Gasteiger partial charge in [0.2, 0.25) is 15.9 Å². The summed E-state index contributed by atoms with van der Waals surface area (Å²) in [7, 11) is -3.63. The topological polar surface area (TPSA) is 66.5 Å². The number of aryl methyl sites for hydroxylation is 2. The number of nitrogens with one attached hydrogen (secondary N) is 1. The van der Waals surface area contributed by atoms with E-state index in [1.165, 1.54) is 4.31 Å². The summed E-state index contributed by atoms with van der Waals surface area (Å²) >= 11 is 5.95. The van der Waals surface area contributed by atoms with E-state index < -0.39 is 15.9 Å². The largest absolute Gasteiger partial charge is 0.326 e. The molecule has 1 aliphatic rings. The second-order valence-corrected chi connectivity index (χ2v) is 9.31. The molecule has 1 saturated heterocycles. The first kappa shape index (κ1) is 19.9. The Morgan fingerprint density at radius 2 is 1.96 bits per heavy atom. The van der Waals surface area contributed by atoms with Crippen LogP contribution in [0.5, 0.6) is 0 Å². The van der Waals surface area contributed by atoms with Crippen molar-refractivity contribution >= 4 is 33.2 Å². The number of hydrogen-bond acceptors (Lipinski definition) is 3. The molecule has 1 aliphatic heterocycles. The fourth-order valence-electron chi connectivity index (χ4n) is 3.31. The van der Waals surface area contributed by atoms with Crippen LogP contribution in [-0.4, -0.2) is 31.7 Å². The molecule has 1 atom stereocenters. The predicted molar refractivity (Wildman–Crippen MR) is 107 cm³/mol. The second kappa shape index (κ2) is 8.00. The van der Waals surface area contributed by atoms with Crippen molar-refractivity contribution in [3.8, 4) is 0 Å². The molecule has 1 amide bonds. The highest BCUT2D eigenvalue weighted by molar-refractivity contribution is 7.89. The maximum atomic E-state index is 13.1. The van der Waals surface area contributed by atoms with Crippen molar-refractivity contribution in [2.75, 3.05) is 18.4 Å². The molecule has 1 N–H and O–H groups in total. The van der Waals surface area contributed by atoms with E-state index in [0.29, 0.717) is 40.6 Å². The van der Waals surface area contributed by atoms with Gasteiger partial charge in [0.1, 0.15) is 0 Å². The van der Waals surface area contributed by atoms with Gasteiger partial charge in [0.25, 0.3) is 0 Å². The number of amides is 1. The second-order valence-electron chi connectivity index (χ2n) is 6.97. The van der Waals surface area contributed by atoms with E-state index in [9.17, 15) is 13.2 Å². The minimum Gasteiger partial charge on any atom is -0.326 e. The van der Waals surface area contributed by atoms with Gasteiger partial charge in [-0.05, 0) is 62.1 Å². The SMILES string of the molecule is Cc1ccc(C)c(S(=O)(=O)N2CCC[C@H](C(=O)Nc3cccc(Cl)c3)C2)c1. The Kier molecular flexibility index (Phi) is 5.89. The van der Waals surface area contributed by atoms with E-state index in [0.717, 1.165) is 5.56 Å². The lowest BCUT2D eigenvalue weighted by molar-refractivity contribution is -0.120. The van der Waals surface area contributed by atoms with Crippen LogP contribution in [0, 0.1) is 19.8 Å². The highest BCUT2D eigenvalue weighted by atomic mass is 35.5. The molecule has 1 heterocycles. The number of benzene rings is 2. The molecule has 0 bridgehead atoms. The summed E-state index contributed by atoms with van der Waals surface area (Å²) in [5, 5.41) is 3.38. The van der Waals surface area contributed by atoms with Gasteiger partial charge in [-0.15, -0.1) is 0 Å². The summed E-state index contributed by atoms with van der Waals surface area (Å²) in [6.45, 7) is 4.27. The van der Waals surface area contributed by atoms with Gasteiger partial charge in [0.15, 0.2) is 0 Å². The lowest BCUT2D eigenvalue weighted by atomic mass is 9.99. The first-order chi connectivity index (χ1) is 12.8. The van der Waals surface area contributed by atoms with Crippen LogP contribution in [0.15, 0.2) is 47.4 Å². The number of sulfonamides is 1. The number of rotatable bonds is 4. The maximum Gasteiger partial charge on any atom is 0.243 e. The van der Waals surface area contributed by atoms with E-state index in [1.54, 1.807) is 37.3 Å². The van der Waals surface area contributed by atoms with Gasteiger partial charge in [-0.2, -0.15) is 4.31 Å². The Hall–Kier alpha value is -1.89. The third-order valence-corrected chi connectivity index (χ3v) is 7.05. The Balaban J connectivity index is 1.77. The zero-order valence-electron chi connectivity index (χ0n) is 15.4. The summed E-state index contributed by atoms with van der Waals surface area (Å²) in [5.41, 5.74) is 2.22. The van der Waals surface area contributed by atoms with Crippen molar-refractivity contribution in [2.24, 2.45) is 5.92 Å². The zero-order valence-corrected chi connectivity index (χ0v) is 17.0. The van der Waals surface area contributed by atoms with Crippen LogP contribution in [0.3, 0.4) is 0 Å². The lowest BCUT2D eigenvalue weighted by Crippen LogP contribution is -2.43. The Morgan fingerprint density at radius 1 is 1.19 bits per heavy atom. The molecule has 2 aromatic rings. The molecule has 144 valence electrons. The van der Waals surface area contributed by atoms with E-state index in [-0.39, 0.29) is 12.5 Å². The van der Waals surface area contributed by atoms with Crippen LogP contribution in [0.4, 0.5) is 5.69 Å². The third kappa shape index (κ3) is 4.51. The number of anilines is 1. The summed E-state index contributed by atoms with van der Waals surface area (Å²) in [5.74, 6) is -0.573. The first-order valence-corrected chi connectivity index (χ1v) is 10.7. The van der Waals surface area contributed by atoms with E-state index in [4.69, 9.17) is 11.6 Å². The molecule has 0 radical (unpaired) electrons. The van der Waals surface area contributed by atoms with E-state index >= 15 is 0 Å². The maximum absolute atomic E-state index is 13.1. The highest BCUT2D eigenvalue weighted by Gasteiger charge is 2.34. The Morgan fingerprint density at radius 3 is 2.70 bits per heavy atom. The van der Waals surface area contributed by atoms with Crippen molar-refractivity contribution < 1.29 is 13.2 Å². The standard InChI is InChI=1S/C20H23ClN2O3S/c1-14-8-9-15(2)19(11-14)27(25,26)23-10-4-5-16(13-23)20(24)22-18-7-3-6-17(21)12-18/h3,6-9,11-12,16H,4-5,10,13H2,1-2H3,(H,22,24)/t16-/m0/s1. The summed E-state index contributed by atoms with van der Waals surface area (Å²) < 4.78 is 27.6. The normalized spacial score (nSPS) is 18.3. The van der Waals surface area contributed by atoms with E-state index in [1.807, 2.05) is 19.1 Å². The van der Waals surface area contributed by atoms with Gasteiger partial charge in [-0.25, -0.2) is 8.42 Å². The summed E-state index contributed by atoms with van der Waals surface area (Å²) in [6.07, 6.45) is 1.31. The van der Waals surface area contributed by atoms with Crippen LogP contribution in [-0.2, 0) is 14.8 Å².